The van der Waals surface area contributed by atoms with Crippen LogP contribution in [0.3, 0.4) is 0 Å². The van der Waals surface area contributed by atoms with Gasteiger partial charge in [0.2, 0.25) is 0 Å². The fourth-order valence-electron chi connectivity index (χ4n) is 2.37. The van der Waals surface area contributed by atoms with Crippen molar-refractivity contribution in [3.63, 3.8) is 0 Å². The van der Waals surface area contributed by atoms with E-state index < -0.39 is 0 Å². The molecule has 1 aromatic heterocycles. The Balaban J connectivity index is 1.83. The molecular weight excluding hydrogens is 274 g/mol. The van der Waals surface area contributed by atoms with Crippen LogP contribution in [0.4, 0.5) is 11.5 Å². The third kappa shape index (κ3) is 2.85. The highest BCUT2D eigenvalue weighted by atomic mass is 32.2. The van der Waals surface area contributed by atoms with Crippen molar-refractivity contribution in [1.29, 1.82) is 0 Å². The van der Waals surface area contributed by atoms with E-state index in [1.165, 1.54) is 24.7 Å². The molecule has 104 valence electrons. The number of hydrogen-bond acceptors (Lipinski definition) is 5. The molecule has 1 N–H and O–H groups in total. The number of nitro benzene ring substituents is 1. The van der Waals surface area contributed by atoms with Gasteiger partial charge in [0.05, 0.1) is 10.4 Å². The molecule has 5 nitrogen and oxygen atoms in total. The molecule has 3 rings (SSSR count). The molecule has 20 heavy (non-hydrogen) atoms. The highest BCUT2D eigenvalue weighted by Gasteiger charge is 2.14. The largest absolute Gasteiger partial charge is 0.366 e. The summed E-state index contributed by atoms with van der Waals surface area (Å²) in [4.78, 5) is 14.9. The molecule has 0 spiro atoms. The Morgan fingerprint density at radius 1 is 1.35 bits per heavy atom. The summed E-state index contributed by atoms with van der Waals surface area (Å²) in [6.07, 6.45) is 2.41. The van der Waals surface area contributed by atoms with E-state index in [0.717, 1.165) is 22.5 Å². The first-order chi connectivity index (χ1) is 9.72. The molecule has 1 saturated heterocycles. The van der Waals surface area contributed by atoms with Gasteiger partial charge in [-0.1, -0.05) is 0 Å². The van der Waals surface area contributed by atoms with E-state index in [2.05, 4.69) is 10.3 Å². The molecule has 1 unspecified atom stereocenters. The van der Waals surface area contributed by atoms with Gasteiger partial charge >= 0.3 is 0 Å². The molecule has 1 fully saturated rings. The van der Waals surface area contributed by atoms with E-state index >= 15 is 0 Å². The maximum absolute atomic E-state index is 10.7. The summed E-state index contributed by atoms with van der Waals surface area (Å²) in [7, 11) is 0. The van der Waals surface area contributed by atoms with E-state index in [9.17, 15) is 10.1 Å². The maximum atomic E-state index is 10.7. The first-order valence-corrected chi connectivity index (χ1v) is 7.77. The lowest BCUT2D eigenvalue weighted by Gasteiger charge is -2.23. The number of anilines is 1. The van der Waals surface area contributed by atoms with E-state index in [4.69, 9.17) is 0 Å². The zero-order valence-corrected chi connectivity index (χ0v) is 11.7. The molecule has 0 aliphatic carbocycles. The van der Waals surface area contributed by atoms with Gasteiger partial charge in [0, 0.05) is 29.3 Å². The summed E-state index contributed by atoms with van der Waals surface area (Å²) in [5.41, 5.74) is 0.882. The number of pyridine rings is 1. The van der Waals surface area contributed by atoms with E-state index in [0.29, 0.717) is 6.04 Å². The number of thioether (sulfide) groups is 1. The lowest BCUT2D eigenvalue weighted by molar-refractivity contribution is -0.384. The molecule has 0 saturated carbocycles. The van der Waals surface area contributed by atoms with Crippen LogP contribution >= 0.6 is 11.8 Å². The van der Waals surface area contributed by atoms with Crippen molar-refractivity contribution in [2.75, 3.05) is 16.8 Å². The minimum absolute atomic E-state index is 0.101. The monoisotopic (exact) mass is 289 g/mol. The number of nitrogens with one attached hydrogen (secondary N) is 1. The standard InChI is InChI=1S/C14H15N3O2S/c18-17(19)12-4-5-13-10(8-12)3-6-14(16-13)15-11-2-1-7-20-9-11/h3-6,8,11H,1-2,7,9H2,(H,15,16). The number of rotatable bonds is 3. The summed E-state index contributed by atoms with van der Waals surface area (Å²) in [5.74, 6) is 3.20. The fraction of sp³-hybridized carbons (Fsp3) is 0.357. The quantitative estimate of drug-likeness (QED) is 0.692. The summed E-state index contributed by atoms with van der Waals surface area (Å²) in [5, 5.41) is 15.0. The van der Waals surface area contributed by atoms with Crippen LogP contribution in [0.5, 0.6) is 0 Å². The van der Waals surface area contributed by atoms with Crippen LogP contribution in [-0.2, 0) is 0 Å². The van der Waals surface area contributed by atoms with Crippen LogP contribution in [0, 0.1) is 10.1 Å². The van der Waals surface area contributed by atoms with Crippen LogP contribution in [0.1, 0.15) is 12.8 Å². The fourth-order valence-corrected chi connectivity index (χ4v) is 3.44. The van der Waals surface area contributed by atoms with Crippen molar-refractivity contribution >= 4 is 34.2 Å². The van der Waals surface area contributed by atoms with Gasteiger partial charge in [-0.05, 0) is 36.8 Å². The van der Waals surface area contributed by atoms with Crippen LogP contribution in [-0.4, -0.2) is 27.5 Å². The third-order valence-electron chi connectivity index (χ3n) is 3.40. The zero-order chi connectivity index (χ0) is 13.9. The van der Waals surface area contributed by atoms with Crippen molar-refractivity contribution in [1.82, 2.24) is 4.98 Å². The Bertz CT molecular complexity index is 641. The highest BCUT2D eigenvalue weighted by molar-refractivity contribution is 7.99. The molecule has 1 aliphatic rings. The van der Waals surface area contributed by atoms with E-state index in [1.807, 2.05) is 23.9 Å². The minimum atomic E-state index is -0.384. The summed E-state index contributed by atoms with van der Waals surface area (Å²) in [6, 6.07) is 9.00. The Morgan fingerprint density at radius 2 is 2.25 bits per heavy atom. The number of nitro groups is 1. The van der Waals surface area contributed by atoms with Crippen LogP contribution in [0.25, 0.3) is 10.9 Å². The topological polar surface area (TPSA) is 68.1 Å². The van der Waals surface area contributed by atoms with Crippen molar-refractivity contribution in [2.45, 2.75) is 18.9 Å². The average molecular weight is 289 g/mol. The van der Waals surface area contributed by atoms with Gasteiger partial charge in [-0.3, -0.25) is 10.1 Å². The number of aromatic nitrogens is 1. The first-order valence-electron chi connectivity index (χ1n) is 6.62. The van der Waals surface area contributed by atoms with Crippen molar-refractivity contribution < 1.29 is 4.92 Å². The number of non-ortho nitro benzene ring substituents is 1. The highest BCUT2D eigenvalue weighted by Crippen LogP contribution is 2.23. The Hall–Kier alpha value is -1.82. The Kier molecular flexibility index (Phi) is 3.73. The normalized spacial score (nSPS) is 18.9. The molecule has 0 bridgehead atoms. The van der Waals surface area contributed by atoms with Crippen molar-refractivity contribution in [3.05, 3.63) is 40.4 Å². The molecule has 1 aliphatic heterocycles. The predicted octanol–water partition coefficient (Wildman–Crippen LogP) is 3.45. The third-order valence-corrected chi connectivity index (χ3v) is 4.61. The summed E-state index contributed by atoms with van der Waals surface area (Å²) < 4.78 is 0. The smallest absolute Gasteiger partial charge is 0.270 e. The van der Waals surface area contributed by atoms with Gasteiger partial charge in [-0.15, -0.1) is 0 Å². The van der Waals surface area contributed by atoms with Gasteiger partial charge < -0.3 is 5.32 Å². The molecule has 6 heteroatoms. The Morgan fingerprint density at radius 3 is 3.00 bits per heavy atom. The van der Waals surface area contributed by atoms with Crippen LogP contribution in [0.2, 0.25) is 0 Å². The second kappa shape index (κ2) is 5.66. The lowest BCUT2D eigenvalue weighted by atomic mass is 10.1. The minimum Gasteiger partial charge on any atom is -0.366 e. The van der Waals surface area contributed by atoms with E-state index in [-0.39, 0.29) is 10.6 Å². The second-order valence-electron chi connectivity index (χ2n) is 4.89. The summed E-state index contributed by atoms with van der Waals surface area (Å²) in [6.45, 7) is 0. The second-order valence-corrected chi connectivity index (χ2v) is 6.04. The van der Waals surface area contributed by atoms with Gasteiger partial charge in [-0.25, -0.2) is 4.98 Å². The summed E-state index contributed by atoms with van der Waals surface area (Å²) >= 11 is 1.97. The number of hydrogen-bond donors (Lipinski definition) is 1. The van der Waals surface area contributed by atoms with Gasteiger partial charge in [0.15, 0.2) is 0 Å². The van der Waals surface area contributed by atoms with Gasteiger partial charge in [0.1, 0.15) is 5.82 Å². The lowest BCUT2D eigenvalue weighted by Crippen LogP contribution is -2.26. The van der Waals surface area contributed by atoms with Gasteiger partial charge in [-0.2, -0.15) is 11.8 Å². The zero-order valence-electron chi connectivity index (χ0n) is 10.9. The number of benzene rings is 1. The molecule has 1 atom stereocenters. The molecular formula is C14H15N3O2S. The molecule has 2 heterocycles. The molecule has 0 amide bonds. The van der Waals surface area contributed by atoms with Crippen molar-refractivity contribution in [2.24, 2.45) is 0 Å². The SMILES string of the molecule is O=[N+]([O-])c1ccc2nc(NC3CCCSC3)ccc2c1. The van der Waals surface area contributed by atoms with Crippen molar-refractivity contribution in [3.8, 4) is 0 Å². The first kappa shape index (κ1) is 13.2. The molecule has 1 aromatic carbocycles. The number of fused-ring (bicyclic) bond motifs is 1. The number of nitrogens with zero attached hydrogens (tertiary/aromatic N) is 2. The average Bonchev–Trinajstić information content (AvgIpc) is 2.47. The predicted molar refractivity (Wildman–Crippen MR) is 82.4 cm³/mol. The maximum Gasteiger partial charge on any atom is 0.270 e. The van der Waals surface area contributed by atoms with Crippen LogP contribution < -0.4 is 5.32 Å². The van der Waals surface area contributed by atoms with Crippen LogP contribution in [0.15, 0.2) is 30.3 Å². The molecule has 2 aromatic rings. The Labute approximate surface area is 120 Å². The molecule has 0 radical (unpaired) electrons. The van der Waals surface area contributed by atoms with E-state index in [1.54, 1.807) is 12.1 Å². The van der Waals surface area contributed by atoms with Gasteiger partial charge in [0.25, 0.3) is 5.69 Å².